The van der Waals surface area contributed by atoms with Crippen LogP contribution in [0.15, 0.2) is 70.6 Å². The van der Waals surface area contributed by atoms with E-state index in [0.717, 1.165) is 0 Å². The Morgan fingerprint density at radius 3 is 2.42 bits per heavy atom. The van der Waals surface area contributed by atoms with Crippen LogP contribution in [0.2, 0.25) is 0 Å². The van der Waals surface area contributed by atoms with Crippen molar-refractivity contribution in [1.82, 2.24) is 4.57 Å². The zero-order valence-electron chi connectivity index (χ0n) is 17.4. The number of nitrogens with one attached hydrogen (secondary N) is 1. The number of anilines is 1. The van der Waals surface area contributed by atoms with Gasteiger partial charge in [-0.05, 0) is 67.6 Å². The molecule has 3 aromatic carbocycles. The highest BCUT2D eigenvalue weighted by Crippen LogP contribution is 2.39. The van der Waals surface area contributed by atoms with Gasteiger partial charge in [-0.3, -0.25) is 9.36 Å². The Labute approximate surface area is 186 Å². The number of hydrogen-bond acceptors (Lipinski definition) is 5. The van der Waals surface area contributed by atoms with Crippen molar-refractivity contribution in [2.24, 2.45) is 9.98 Å². The molecule has 0 unspecified atom stereocenters. The first-order valence-electron chi connectivity index (χ1n) is 10.2. The molecule has 5 rings (SSSR count). The van der Waals surface area contributed by atoms with Gasteiger partial charge in [-0.2, -0.15) is 9.98 Å². The Kier molecular flexibility index (Phi) is 4.78. The van der Waals surface area contributed by atoms with E-state index >= 15 is 0 Å². The summed E-state index contributed by atoms with van der Waals surface area (Å²) in [5, 5.41) is 25.8. The predicted molar refractivity (Wildman–Crippen MR) is 120 cm³/mol. The lowest BCUT2D eigenvalue weighted by atomic mass is 10.1. The van der Waals surface area contributed by atoms with Gasteiger partial charge in [0.25, 0.3) is 5.91 Å². The third kappa shape index (κ3) is 3.55. The second kappa shape index (κ2) is 7.79. The lowest BCUT2D eigenvalue weighted by molar-refractivity contribution is 0.102. The van der Waals surface area contributed by atoms with Crippen LogP contribution in [0.1, 0.15) is 17.3 Å². The number of aromatic hydroxyl groups is 2. The Balaban J connectivity index is 1.47. The van der Waals surface area contributed by atoms with Gasteiger partial charge in [0.15, 0.2) is 0 Å². The molecule has 0 aliphatic carbocycles. The SMILES string of the molecule is CCOc1ccc(-n2c(O)c3ccc(C(=O)Nc4ccc5c(c4)=NC(=O)N=5)cc3c2O)cc1. The van der Waals surface area contributed by atoms with Crippen molar-refractivity contribution >= 4 is 28.4 Å². The summed E-state index contributed by atoms with van der Waals surface area (Å²) in [7, 11) is 0. The predicted octanol–water partition coefficient (Wildman–Crippen LogP) is 3.07. The van der Waals surface area contributed by atoms with Crippen LogP contribution in [0.4, 0.5) is 10.5 Å². The van der Waals surface area contributed by atoms with E-state index in [9.17, 15) is 19.8 Å². The summed E-state index contributed by atoms with van der Waals surface area (Å²) in [6, 6.07) is 15.7. The van der Waals surface area contributed by atoms with Gasteiger partial charge in [-0.25, -0.2) is 4.79 Å². The lowest BCUT2D eigenvalue weighted by Gasteiger charge is -2.08. The van der Waals surface area contributed by atoms with Gasteiger partial charge in [0.2, 0.25) is 11.8 Å². The maximum absolute atomic E-state index is 12.8. The standard InChI is InChI=1S/C24H18N4O5/c1-2-33-16-7-5-15(6-8-16)28-22(30)17-9-3-13(11-18(17)23(28)31)21(29)25-14-4-10-19-20(12-14)27-24(32)26-19/h3-12,30-31H,2H2,1H3,(H,25,29). The smallest absolute Gasteiger partial charge is 0.368 e. The average molecular weight is 442 g/mol. The molecule has 1 aliphatic rings. The maximum Gasteiger partial charge on any atom is 0.368 e. The van der Waals surface area contributed by atoms with Crippen molar-refractivity contribution in [2.75, 3.05) is 11.9 Å². The van der Waals surface area contributed by atoms with Gasteiger partial charge in [0.05, 0.1) is 23.0 Å². The topological polar surface area (TPSA) is 126 Å². The van der Waals surface area contributed by atoms with Gasteiger partial charge in [-0.1, -0.05) is 0 Å². The number of carbonyl (C=O) groups is 2. The summed E-state index contributed by atoms with van der Waals surface area (Å²) in [4.78, 5) is 31.6. The molecule has 2 heterocycles. The third-order valence-corrected chi connectivity index (χ3v) is 5.26. The second-order valence-electron chi connectivity index (χ2n) is 7.33. The largest absolute Gasteiger partial charge is 0.494 e. The van der Waals surface area contributed by atoms with Crippen LogP contribution in [0.5, 0.6) is 17.5 Å². The van der Waals surface area contributed by atoms with Crippen molar-refractivity contribution in [3.63, 3.8) is 0 Å². The van der Waals surface area contributed by atoms with E-state index in [2.05, 4.69) is 15.3 Å². The number of nitrogens with zero attached hydrogens (tertiary/aromatic N) is 3. The third-order valence-electron chi connectivity index (χ3n) is 5.26. The first-order valence-corrected chi connectivity index (χ1v) is 10.2. The summed E-state index contributed by atoms with van der Waals surface area (Å²) in [6.45, 7) is 2.41. The minimum absolute atomic E-state index is 0.146. The molecule has 0 radical (unpaired) electrons. The molecular weight excluding hydrogens is 424 g/mol. The first kappa shape index (κ1) is 20.3. The van der Waals surface area contributed by atoms with E-state index in [0.29, 0.717) is 45.2 Å². The summed E-state index contributed by atoms with van der Waals surface area (Å²) < 4.78 is 6.73. The number of rotatable bonds is 5. The van der Waals surface area contributed by atoms with E-state index in [1.807, 2.05) is 6.92 Å². The van der Waals surface area contributed by atoms with Gasteiger partial charge in [-0.15, -0.1) is 0 Å². The number of ether oxygens (including phenoxy) is 1. The van der Waals surface area contributed by atoms with Crippen molar-refractivity contribution in [3.05, 3.63) is 76.9 Å². The Morgan fingerprint density at radius 1 is 0.939 bits per heavy atom. The molecule has 0 spiro atoms. The van der Waals surface area contributed by atoms with Crippen molar-refractivity contribution < 1.29 is 24.5 Å². The fourth-order valence-electron chi connectivity index (χ4n) is 3.73. The van der Waals surface area contributed by atoms with Gasteiger partial charge >= 0.3 is 6.03 Å². The fourth-order valence-corrected chi connectivity index (χ4v) is 3.73. The monoisotopic (exact) mass is 442 g/mol. The number of carbonyl (C=O) groups excluding carboxylic acids is 2. The molecule has 0 fully saturated rings. The minimum atomic E-state index is -0.578. The lowest BCUT2D eigenvalue weighted by Crippen LogP contribution is -2.22. The number of aromatic nitrogens is 1. The second-order valence-corrected chi connectivity index (χ2v) is 7.33. The molecule has 4 aromatic rings. The normalized spacial score (nSPS) is 12.2. The Hall–Kier alpha value is -4.66. The number of benzene rings is 3. The summed E-state index contributed by atoms with van der Waals surface area (Å²) in [5.74, 6) is -0.0934. The van der Waals surface area contributed by atoms with Crippen LogP contribution in [-0.4, -0.2) is 33.3 Å². The summed E-state index contributed by atoms with van der Waals surface area (Å²) >= 11 is 0. The van der Waals surface area contributed by atoms with E-state index in [1.165, 1.54) is 10.6 Å². The molecule has 3 amide bonds. The van der Waals surface area contributed by atoms with Crippen LogP contribution in [-0.2, 0) is 0 Å². The maximum atomic E-state index is 12.8. The quantitative estimate of drug-likeness (QED) is 0.438. The van der Waals surface area contributed by atoms with Gasteiger partial charge in [0.1, 0.15) is 5.75 Å². The number of hydrogen-bond donors (Lipinski definition) is 3. The van der Waals surface area contributed by atoms with Crippen molar-refractivity contribution in [2.45, 2.75) is 6.92 Å². The Morgan fingerprint density at radius 2 is 1.67 bits per heavy atom. The van der Waals surface area contributed by atoms with Crippen molar-refractivity contribution in [1.29, 1.82) is 0 Å². The number of amides is 3. The highest BCUT2D eigenvalue weighted by Gasteiger charge is 2.19. The molecule has 33 heavy (non-hydrogen) atoms. The minimum Gasteiger partial charge on any atom is -0.494 e. The van der Waals surface area contributed by atoms with Crippen LogP contribution < -0.4 is 20.8 Å². The molecule has 0 saturated carbocycles. The average Bonchev–Trinajstić information content (AvgIpc) is 3.30. The Bertz CT molecular complexity index is 1550. The molecular formula is C24H18N4O5. The molecule has 0 bridgehead atoms. The van der Waals surface area contributed by atoms with E-state index in [-0.39, 0.29) is 17.3 Å². The zero-order valence-corrected chi connectivity index (χ0v) is 17.4. The van der Waals surface area contributed by atoms with E-state index in [1.54, 1.807) is 54.6 Å². The number of urea groups is 1. The fraction of sp³-hybridized carbons (Fsp3) is 0.0833. The molecule has 0 saturated heterocycles. The summed E-state index contributed by atoms with van der Waals surface area (Å²) in [5.41, 5.74) is 1.27. The molecule has 9 heteroatoms. The van der Waals surface area contributed by atoms with E-state index in [4.69, 9.17) is 4.74 Å². The van der Waals surface area contributed by atoms with Gasteiger partial charge in [0, 0.05) is 22.0 Å². The van der Waals surface area contributed by atoms with Crippen LogP contribution >= 0.6 is 0 Å². The molecule has 164 valence electrons. The van der Waals surface area contributed by atoms with Crippen LogP contribution in [0.25, 0.3) is 16.5 Å². The summed E-state index contributed by atoms with van der Waals surface area (Å²) in [6.07, 6.45) is 0. The highest BCUT2D eigenvalue weighted by atomic mass is 16.5. The molecule has 1 aromatic heterocycles. The molecule has 9 nitrogen and oxygen atoms in total. The van der Waals surface area contributed by atoms with Crippen LogP contribution in [0.3, 0.4) is 0 Å². The van der Waals surface area contributed by atoms with Crippen molar-refractivity contribution in [3.8, 4) is 23.2 Å². The number of fused-ring (bicyclic) bond motifs is 2. The molecule has 1 aliphatic heterocycles. The van der Waals surface area contributed by atoms with Crippen LogP contribution in [0, 0.1) is 0 Å². The molecule has 0 atom stereocenters. The van der Waals surface area contributed by atoms with Gasteiger partial charge < -0.3 is 20.3 Å². The zero-order chi connectivity index (χ0) is 23.1. The molecule has 3 N–H and O–H groups in total. The highest BCUT2D eigenvalue weighted by molar-refractivity contribution is 6.08. The van der Waals surface area contributed by atoms with E-state index < -0.39 is 11.9 Å². The first-order chi connectivity index (χ1) is 15.9.